The van der Waals surface area contributed by atoms with Crippen LogP contribution in [0.25, 0.3) is 0 Å². The van der Waals surface area contributed by atoms with Crippen LogP contribution in [0.5, 0.6) is 0 Å². The van der Waals surface area contributed by atoms with Gasteiger partial charge in [0.1, 0.15) is 11.6 Å². The van der Waals surface area contributed by atoms with Gasteiger partial charge in [-0.1, -0.05) is 29.8 Å². The molecule has 0 radical (unpaired) electrons. The molecule has 0 aliphatic carbocycles. The van der Waals surface area contributed by atoms with Crippen LogP contribution in [0.15, 0.2) is 36.5 Å². The lowest BCUT2D eigenvalue weighted by atomic mass is 10.1. The second-order valence-electron chi connectivity index (χ2n) is 4.55. The maximum absolute atomic E-state index is 4.43. The largest absolute Gasteiger partial charge is 0.370 e. The molecule has 0 saturated carbocycles. The minimum atomic E-state index is 0.688. The van der Waals surface area contributed by atoms with Crippen molar-refractivity contribution >= 4 is 5.82 Å². The van der Waals surface area contributed by atoms with Crippen LogP contribution < -0.4 is 10.6 Å². The fraction of sp³-hybridized carbons (Fsp3) is 0.333. The summed E-state index contributed by atoms with van der Waals surface area (Å²) in [7, 11) is 1.89. The third-order valence-electron chi connectivity index (χ3n) is 2.84. The molecule has 0 saturated heterocycles. The summed E-state index contributed by atoms with van der Waals surface area (Å²) in [6.45, 7) is 3.68. The molecule has 4 nitrogen and oxygen atoms in total. The fourth-order valence-electron chi connectivity index (χ4n) is 1.94. The van der Waals surface area contributed by atoms with Crippen LogP contribution in [0.3, 0.4) is 0 Å². The molecule has 100 valence electrons. The lowest BCUT2D eigenvalue weighted by Crippen LogP contribution is -2.12. The van der Waals surface area contributed by atoms with Crippen LogP contribution in [0.1, 0.15) is 17.0 Å². The second kappa shape index (κ2) is 6.85. The van der Waals surface area contributed by atoms with Gasteiger partial charge in [-0.3, -0.25) is 0 Å². The van der Waals surface area contributed by atoms with E-state index in [1.54, 1.807) is 6.20 Å². The molecule has 0 unspecified atom stereocenters. The van der Waals surface area contributed by atoms with Crippen LogP contribution in [-0.4, -0.2) is 23.6 Å². The van der Waals surface area contributed by atoms with E-state index in [9.17, 15) is 0 Å². The van der Waals surface area contributed by atoms with Crippen LogP contribution in [0.2, 0.25) is 0 Å². The Labute approximate surface area is 114 Å². The second-order valence-corrected chi connectivity index (χ2v) is 4.55. The van der Waals surface area contributed by atoms with Crippen LogP contribution in [0.4, 0.5) is 5.82 Å². The SMILES string of the molecule is CNCc1nccc(NCCc2cccc(C)c2)n1. The molecule has 2 N–H and O–H groups in total. The molecule has 0 aliphatic rings. The van der Waals surface area contributed by atoms with Gasteiger partial charge in [-0.05, 0) is 32.0 Å². The zero-order valence-electron chi connectivity index (χ0n) is 11.5. The Kier molecular flexibility index (Phi) is 4.86. The van der Waals surface area contributed by atoms with E-state index in [4.69, 9.17) is 0 Å². The Hall–Kier alpha value is -1.94. The van der Waals surface area contributed by atoms with Crippen molar-refractivity contribution in [3.05, 3.63) is 53.5 Å². The number of benzene rings is 1. The van der Waals surface area contributed by atoms with Gasteiger partial charge in [0.2, 0.25) is 0 Å². The first kappa shape index (κ1) is 13.5. The van der Waals surface area contributed by atoms with E-state index in [2.05, 4.69) is 51.8 Å². The number of aromatic nitrogens is 2. The van der Waals surface area contributed by atoms with Crippen molar-refractivity contribution in [2.24, 2.45) is 0 Å². The van der Waals surface area contributed by atoms with Gasteiger partial charge in [-0.2, -0.15) is 0 Å². The Morgan fingerprint density at radius 3 is 2.89 bits per heavy atom. The summed E-state index contributed by atoms with van der Waals surface area (Å²) in [6.07, 6.45) is 2.78. The third kappa shape index (κ3) is 4.34. The van der Waals surface area contributed by atoms with E-state index in [-0.39, 0.29) is 0 Å². The number of nitrogens with zero attached hydrogens (tertiary/aromatic N) is 2. The Bertz CT molecular complexity index is 525. The molecule has 4 heteroatoms. The fourth-order valence-corrected chi connectivity index (χ4v) is 1.94. The molecule has 0 fully saturated rings. The molecule has 0 amide bonds. The summed E-state index contributed by atoms with van der Waals surface area (Å²) in [6, 6.07) is 10.5. The van der Waals surface area contributed by atoms with Gasteiger partial charge in [0, 0.05) is 12.7 Å². The summed E-state index contributed by atoms with van der Waals surface area (Å²) in [5.74, 6) is 1.69. The number of hydrogen-bond donors (Lipinski definition) is 2. The summed E-state index contributed by atoms with van der Waals surface area (Å²) in [5.41, 5.74) is 2.65. The summed E-state index contributed by atoms with van der Waals surface area (Å²) in [5, 5.41) is 6.38. The van der Waals surface area contributed by atoms with Gasteiger partial charge in [-0.25, -0.2) is 9.97 Å². The van der Waals surface area contributed by atoms with Gasteiger partial charge in [0.05, 0.1) is 6.54 Å². The molecule has 0 atom stereocenters. The van der Waals surface area contributed by atoms with Crippen molar-refractivity contribution in [1.82, 2.24) is 15.3 Å². The molecular weight excluding hydrogens is 236 g/mol. The molecule has 0 aliphatic heterocycles. The van der Waals surface area contributed by atoms with Crippen molar-refractivity contribution in [2.75, 3.05) is 18.9 Å². The Morgan fingerprint density at radius 1 is 1.21 bits per heavy atom. The number of nitrogens with one attached hydrogen (secondary N) is 2. The predicted molar refractivity (Wildman–Crippen MR) is 78.2 cm³/mol. The molecule has 0 spiro atoms. The molecule has 2 rings (SSSR count). The standard InChI is InChI=1S/C15H20N4/c1-12-4-3-5-13(10-12)6-8-17-14-7-9-18-15(19-14)11-16-2/h3-5,7,9-10,16H,6,8,11H2,1-2H3,(H,17,18,19). The molecular formula is C15H20N4. The lowest BCUT2D eigenvalue weighted by Gasteiger charge is -2.07. The van der Waals surface area contributed by atoms with Crippen LogP contribution >= 0.6 is 0 Å². The number of aryl methyl sites for hydroxylation is 1. The molecule has 2 aromatic rings. The Morgan fingerprint density at radius 2 is 2.11 bits per heavy atom. The van der Waals surface area contributed by atoms with Crippen molar-refractivity contribution in [1.29, 1.82) is 0 Å². The first-order valence-corrected chi connectivity index (χ1v) is 6.54. The minimum absolute atomic E-state index is 0.688. The van der Waals surface area contributed by atoms with E-state index < -0.39 is 0 Å². The highest BCUT2D eigenvalue weighted by Crippen LogP contribution is 2.06. The van der Waals surface area contributed by atoms with Crippen molar-refractivity contribution in [3.63, 3.8) is 0 Å². The highest BCUT2D eigenvalue weighted by atomic mass is 15.0. The summed E-state index contributed by atoms with van der Waals surface area (Å²) >= 11 is 0. The van der Waals surface area contributed by atoms with E-state index in [1.165, 1.54) is 11.1 Å². The third-order valence-corrected chi connectivity index (χ3v) is 2.84. The highest BCUT2D eigenvalue weighted by molar-refractivity contribution is 5.33. The normalized spacial score (nSPS) is 10.4. The lowest BCUT2D eigenvalue weighted by molar-refractivity contribution is 0.758. The predicted octanol–water partition coefficient (Wildman–Crippen LogP) is 2.16. The van der Waals surface area contributed by atoms with E-state index in [0.29, 0.717) is 6.54 Å². The van der Waals surface area contributed by atoms with Crippen LogP contribution in [0, 0.1) is 6.92 Å². The van der Waals surface area contributed by atoms with Crippen LogP contribution in [-0.2, 0) is 13.0 Å². The topological polar surface area (TPSA) is 49.8 Å². The smallest absolute Gasteiger partial charge is 0.144 e. The van der Waals surface area contributed by atoms with Gasteiger partial charge < -0.3 is 10.6 Å². The molecule has 1 aromatic heterocycles. The van der Waals surface area contributed by atoms with Gasteiger partial charge in [0.15, 0.2) is 0 Å². The molecule has 0 bridgehead atoms. The van der Waals surface area contributed by atoms with Gasteiger partial charge in [-0.15, -0.1) is 0 Å². The molecule has 1 aromatic carbocycles. The number of rotatable bonds is 6. The summed E-state index contributed by atoms with van der Waals surface area (Å²) < 4.78 is 0. The highest BCUT2D eigenvalue weighted by Gasteiger charge is 1.98. The van der Waals surface area contributed by atoms with Crippen molar-refractivity contribution < 1.29 is 0 Å². The number of anilines is 1. The zero-order valence-corrected chi connectivity index (χ0v) is 11.5. The van der Waals surface area contributed by atoms with E-state index in [1.807, 2.05) is 13.1 Å². The van der Waals surface area contributed by atoms with E-state index >= 15 is 0 Å². The average Bonchev–Trinajstić information content (AvgIpc) is 2.40. The maximum Gasteiger partial charge on any atom is 0.144 e. The minimum Gasteiger partial charge on any atom is -0.370 e. The molecule has 19 heavy (non-hydrogen) atoms. The van der Waals surface area contributed by atoms with Crippen molar-refractivity contribution in [2.45, 2.75) is 19.9 Å². The molecule has 1 heterocycles. The number of hydrogen-bond acceptors (Lipinski definition) is 4. The van der Waals surface area contributed by atoms with Gasteiger partial charge in [0.25, 0.3) is 0 Å². The van der Waals surface area contributed by atoms with Crippen molar-refractivity contribution in [3.8, 4) is 0 Å². The summed E-state index contributed by atoms with van der Waals surface area (Å²) in [4.78, 5) is 8.62. The first-order valence-electron chi connectivity index (χ1n) is 6.54. The monoisotopic (exact) mass is 256 g/mol. The maximum atomic E-state index is 4.43. The quantitative estimate of drug-likeness (QED) is 0.831. The first-order chi connectivity index (χ1) is 9.28. The Balaban J connectivity index is 1.87. The van der Waals surface area contributed by atoms with Gasteiger partial charge >= 0.3 is 0 Å². The van der Waals surface area contributed by atoms with E-state index in [0.717, 1.165) is 24.6 Å². The zero-order chi connectivity index (χ0) is 13.5. The average molecular weight is 256 g/mol.